The number of nitrogens with zero attached hydrogens (tertiary/aromatic N) is 1. The molecule has 0 bridgehead atoms. The highest BCUT2D eigenvalue weighted by Gasteiger charge is 2.31. The molecule has 2 N–H and O–H groups in total. The van der Waals surface area contributed by atoms with E-state index in [9.17, 15) is 10.1 Å². The van der Waals surface area contributed by atoms with Gasteiger partial charge < -0.3 is 15.2 Å². The monoisotopic (exact) mass is 294 g/mol. The number of rotatable bonds is 6. The second kappa shape index (κ2) is 6.76. The van der Waals surface area contributed by atoms with Gasteiger partial charge in [0.25, 0.3) is 0 Å². The first-order chi connectivity index (χ1) is 10.0. The summed E-state index contributed by atoms with van der Waals surface area (Å²) in [7, 11) is 0. The van der Waals surface area contributed by atoms with Crippen molar-refractivity contribution in [2.45, 2.75) is 45.3 Å². The van der Waals surface area contributed by atoms with Crippen LogP contribution in [0.3, 0.4) is 0 Å². The molecule has 2 atom stereocenters. The Kier molecular flexibility index (Phi) is 5.01. The summed E-state index contributed by atoms with van der Waals surface area (Å²) in [4.78, 5) is 10.9. The number of nitrogens with two attached hydrogens (primary N) is 1. The summed E-state index contributed by atoms with van der Waals surface area (Å²) in [6.45, 7) is 4.21. The lowest BCUT2D eigenvalue weighted by Gasteiger charge is -2.20. The summed E-state index contributed by atoms with van der Waals surface area (Å²) in [5.74, 6) is 0.776. The van der Waals surface area contributed by atoms with Gasteiger partial charge >= 0.3 is 5.69 Å². The maximum absolute atomic E-state index is 11.4. The van der Waals surface area contributed by atoms with Gasteiger partial charge in [0.15, 0.2) is 0 Å². The van der Waals surface area contributed by atoms with E-state index < -0.39 is 4.92 Å². The number of nitro groups is 1. The Morgan fingerprint density at radius 1 is 1.38 bits per heavy atom. The van der Waals surface area contributed by atoms with Crippen LogP contribution in [0.4, 0.5) is 5.69 Å². The molecule has 0 saturated heterocycles. The van der Waals surface area contributed by atoms with Crippen LogP contribution in [0.1, 0.15) is 33.1 Å². The van der Waals surface area contributed by atoms with Crippen molar-refractivity contribution in [2.75, 3.05) is 6.54 Å². The Balaban J connectivity index is 2.28. The summed E-state index contributed by atoms with van der Waals surface area (Å²) in [5, 5.41) is 11.4. The smallest absolute Gasteiger partial charge is 0.352 e. The van der Waals surface area contributed by atoms with E-state index in [1.807, 2.05) is 13.8 Å². The Hall–Kier alpha value is -1.82. The van der Waals surface area contributed by atoms with E-state index in [-0.39, 0.29) is 35.3 Å². The summed E-state index contributed by atoms with van der Waals surface area (Å²) in [5.41, 5.74) is 5.63. The van der Waals surface area contributed by atoms with E-state index >= 15 is 0 Å². The molecule has 1 saturated carbocycles. The lowest BCUT2D eigenvalue weighted by molar-refractivity contribution is -0.387. The summed E-state index contributed by atoms with van der Waals surface area (Å²) in [6, 6.07) is 4.93. The van der Waals surface area contributed by atoms with Crippen LogP contribution >= 0.6 is 0 Å². The predicted molar refractivity (Wildman–Crippen MR) is 79.7 cm³/mol. The second-order valence-corrected chi connectivity index (χ2v) is 5.61. The van der Waals surface area contributed by atoms with Gasteiger partial charge in [0.05, 0.1) is 11.0 Å². The zero-order chi connectivity index (χ0) is 15.4. The van der Waals surface area contributed by atoms with Crippen molar-refractivity contribution in [1.82, 2.24) is 0 Å². The number of nitro benzene ring substituents is 1. The van der Waals surface area contributed by atoms with Crippen LogP contribution in [0, 0.1) is 16.0 Å². The Morgan fingerprint density at radius 3 is 2.71 bits per heavy atom. The average Bonchev–Trinajstić information content (AvgIpc) is 2.85. The first-order valence-corrected chi connectivity index (χ1v) is 7.33. The van der Waals surface area contributed by atoms with Crippen molar-refractivity contribution in [3.8, 4) is 11.5 Å². The van der Waals surface area contributed by atoms with E-state index in [2.05, 4.69) is 0 Å². The maximum Gasteiger partial charge on any atom is 0.352 e. The van der Waals surface area contributed by atoms with Crippen molar-refractivity contribution < 1.29 is 14.4 Å². The average molecular weight is 294 g/mol. The van der Waals surface area contributed by atoms with Crippen LogP contribution in [0.25, 0.3) is 0 Å². The van der Waals surface area contributed by atoms with Gasteiger partial charge in [-0.25, -0.2) is 0 Å². The molecular weight excluding hydrogens is 272 g/mol. The number of para-hydroxylation sites is 1. The van der Waals surface area contributed by atoms with Crippen molar-refractivity contribution in [3.63, 3.8) is 0 Å². The van der Waals surface area contributed by atoms with Gasteiger partial charge in [0.1, 0.15) is 6.10 Å². The van der Waals surface area contributed by atoms with Crippen LogP contribution in [0.5, 0.6) is 11.5 Å². The third kappa shape index (κ3) is 3.64. The van der Waals surface area contributed by atoms with Crippen LogP contribution in [-0.4, -0.2) is 23.7 Å². The topological polar surface area (TPSA) is 87.6 Å². The predicted octanol–water partition coefficient (Wildman–Crippen LogP) is 2.89. The van der Waals surface area contributed by atoms with Gasteiger partial charge in [-0.3, -0.25) is 10.1 Å². The molecule has 1 aromatic rings. The van der Waals surface area contributed by atoms with E-state index in [1.54, 1.807) is 18.2 Å². The van der Waals surface area contributed by atoms with Gasteiger partial charge in [-0.2, -0.15) is 0 Å². The minimum atomic E-state index is -0.445. The maximum atomic E-state index is 11.4. The molecule has 2 unspecified atom stereocenters. The summed E-state index contributed by atoms with van der Waals surface area (Å²) < 4.78 is 11.4. The highest BCUT2D eigenvalue weighted by atomic mass is 16.6. The van der Waals surface area contributed by atoms with E-state index in [4.69, 9.17) is 15.2 Å². The molecule has 1 aliphatic carbocycles. The van der Waals surface area contributed by atoms with E-state index in [0.717, 1.165) is 19.3 Å². The molecule has 0 heterocycles. The normalized spacial score (nSPS) is 21.5. The highest BCUT2D eigenvalue weighted by Crippen LogP contribution is 2.39. The van der Waals surface area contributed by atoms with Crippen molar-refractivity contribution in [3.05, 3.63) is 28.3 Å². The van der Waals surface area contributed by atoms with Gasteiger partial charge in [-0.15, -0.1) is 0 Å². The molecule has 0 aliphatic heterocycles. The number of hydrogen-bond donors (Lipinski definition) is 1. The third-order valence-electron chi connectivity index (χ3n) is 3.68. The summed E-state index contributed by atoms with van der Waals surface area (Å²) in [6.07, 6.45) is 2.75. The van der Waals surface area contributed by atoms with Crippen LogP contribution in [0.15, 0.2) is 18.2 Å². The molecule has 0 radical (unpaired) electrons. The summed E-state index contributed by atoms with van der Waals surface area (Å²) >= 11 is 0. The largest absolute Gasteiger partial charge is 0.484 e. The van der Waals surface area contributed by atoms with Gasteiger partial charge in [0.2, 0.25) is 11.5 Å². The zero-order valence-electron chi connectivity index (χ0n) is 12.5. The lowest BCUT2D eigenvalue weighted by atomic mass is 10.1. The van der Waals surface area contributed by atoms with Crippen LogP contribution < -0.4 is 15.2 Å². The number of hydrogen-bond acceptors (Lipinski definition) is 5. The molecular formula is C15H22N2O4. The molecule has 2 rings (SSSR count). The quantitative estimate of drug-likeness (QED) is 0.644. The Bertz CT molecular complexity index is 504. The van der Waals surface area contributed by atoms with Gasteiger partial charge in [0, 0.05) is 5.92 Å². The first-order valence-electron chi connectivity index (χ1n) is 7.33. The molecule has 1 fully saturated rings. The molecule has 21 heavy (non-hydrogen) atoms. The second-order valence-electron chi connectivity index (χ2n) is 5.61. The molecule has 6 heteroatoms. The molecule has 116 valence electrons. The SMILES string of the molecule is CC(C)Oc1cccc(OC2CCCC2CN)c1[N+](=O)[O-]. The standard InChI is InChI=1S/C15H22N2O4/c1-10(2)20-13-7-4-8-14(15(13)17(18)19)21-12-6-3-5-11(12)9-16/h4,7-8,10-12H,3,5-6,9,16H2,1-2H3. The lowest BCUT2D eigenvalue weighted by Crippen LogP contribution is -2.27. The molecule has 1 aliphatic rings. The van der Waals surface area contributed by atoms with Crippen molar-refractivity contribution in [2.24, 2.45) is 11.7 Å². The van der Waals surface area contributed by atoms with Gasteiger partial charge in [-0.1, -0.05) is 6.07 Å². The molecule has 6 nitrogen and oxygen atoms in total. The molecule has 1 aromatic carbocycles. The first kappa shape index (κ1) is 15.6. The van der Waals surface area contributed by atoms with E-state index in [0.29, 0.717) is 6.54 Å². The van der Waals surface area contributed by atoms with Crippen molar-refractivity contribution >= 4 is 5.69 Å². The molecule has 0 aromatic heterocycles. The number of ether oxygens (including phenoxy) is 2. The third-order valence-corrected chi connectivity index (χ3v) is 3.68. The minimum Gasteiger partial charge on any atom is -0.484 e. The zero-order valence-corrected chi connectivity index (χ0v) is 12.5. The molecule has 0 spiro atoms. The Labute approximate surface area is 124 Å². The van der Waals surface area contributed by atoms with E-state index in [1.165, 1.54) is 0 Å². The number of benzene rings is 1. The van der Waals surface area contributed by atoms with Crippen molar-refractivity contribution in [1.29, 1.82) is 0 Å². The Morgan fingerprint density at radius 2 is 2.10 bits per heavy atom. The fraction of sp³-hybridized carbons (Fsp3) is 0.600. The van der Waals surface area contributed by atoms with Crippen LogP contribution in [0.2, 0.25) is 0 Å². The molecule has 0 amide bonds. The highest BCUT2D eigenvalue weighted by molar-refractivity contribution is 5.57. The van der Waals surface area contributed by atoms with Gasteiger partial charge in [-0.05, 0) is 51.8 Å². The van der Waals surface area contributed by atoms with Crippen LogP contribution in [-0.2, 0) is 0 Å². The fourth-order valence-electron chi connectivity index (χ4n) is 2.72. The minimum absolute atomic E-state index is 0.0528. The fourth-order valence-corrected chi connectivity index (χ4v) is 2.72.